The van der Waals surface area contributed by atoms with Crippen LogP contribution in [0.5, 0.6) is 0 Å². The Morgan fingerprint density at radius 2 is 1.70 bits per heavy atom. The molecule has 0 bridgehead atoms. The average Bonchev–Trinajstić information content (AvgIpc) is 3.27. The molecule has 2 N–H and O–H groups in total. The molecule has 4 rings (SSSR count). The number of phosphoric acid groups is 1. The van der Waals surface area contributed by atoms with Crippen molar-refractivity contribution < 1.29 is 33.2 Å². The zero-order valence-electron chi connectivity index (χ0n) is 29.5. The lowest BCUT2D eigenvalue weighted by Gasteiger charge is -2.58. The summed E-state index contributed by atoms with van der Waals surface area (Å²) < 4.78 is 29.4. The summed E-state index contributed by atoms with van der Waals surface area (Å²) in [6.07, 6.45) is 19.1. The maximum atomic E-state index is 12.2. The van der Waals surface area contributed by atoms with Gasteiger partial charge in [0.05, 0.1) is 40.5 Å². The monoisotopic (exact) mass is 639 g/mol. The maximum absolute atomic E-state index is 12.2. The molecule has 0 heterocycles. The topological polar surface area (TPSA) is 95.0 Å². The molecule has 0 saturated heterocycles. The third-order valence-electron chi connectivity index (χ3n) is 12.5. The third-order valence-corrected chi connectivity index (χ3v) is 13.5. The van der Waals surface area contributed by atoms with E-state index in [0.29, 0.717) is 34.9 Å². The van der Waals surface area contributed by atoms with Crippen molar-refractivity contribution in [3.05, 3.63) is 23.8 Å². The van der Waals surface area contributed by atoms with Crippen LogP contribution in [-0.4, -0.2) is 68.5 Å². The molecular formula is C36H66NO6P. The normalized spacial score (nSPS) is 36.5. The molecule has 0 amide bonds. The molecule has 0 aromatic carbocycles. The van der Waals surface area contributed by atoms with Gasteiger partial charge in [0.15, 0.2) is 0 Å². The predicted molar refractivity (Wildman–Crippen MR) is 178 cm³/mol. The van der Waals surface area contributed by atoms with E-state index in [0.717, 1.165) is 42.4 Å². The van der Waals surface area contributed by atoms with E-state index < -0.39 is 7.82 Å². The molecule has 0 radical (unpaired) electrons. The Morgan fingerprint density at radius 1 is 1.00 bits per heavy atom. The number of fused-ring (bicyclic) bond motifs is 5. The van der Waals surface area contributed by atoms with E-state index in [9.17, 15) is 9.46 Å². The molecule has 256 valence electrons. The Balaban J connectivity index is 0.00000529. The van der Waals surface area contributed by atoms with Gasteiger partial charge in [0.2, 0.25) is 0 Å². The highest BCUT2D eigenvalue weighted by molar-refractivity contribution is 7.47. The minimum atomic E-state index is -4.04. The number of quaternary nitrogens is 1. The first-order valence-electron chi connectivity index (χ1n) is 17.5. The smallest absolute Gasteiger partial charge is 0.472 e. The molecule has 0 aliphatic heterocycles. The van der Waals surface area contributed by atoms with Gasteiger partial charge in [-0.1, -0.05) is 65.3 Å². The summed E-state index contributed by atoms with van der Waals surface area (Å²) in [5.74, 6) is 5.33. The van der Waals surface area contributed by atoms with Crippen LogP contribution in [0.3, 0.4) is 0 Å². The minimum Gasteiger partial charge on any atom is -0.870 e. The van der Waals surface area contributed by atoms with Gasteiger partial charge >= 0.3 is 7.82 Å². The van der Waals surface area contributed by atoms with Crippen molar-refractivity contribution in [1.29, 1.82) is 0 Å². The number of likely N-dealkylation sites (N-methyl/N-ethyl adjacent to an activating group) is 1. The average molecular weight is 640 g/mol. The van der Waals surface area contributed by atoms with Crippen LogP contribution >= 0.6 is 7.82 Å². The molecule has 8 heteroatoms. The molecule has 0 spiro atoms. The van der Waals surface area contributed by atoms with Gasteiger partial charge in [0.1, 0.15) is 13.2 Å². The van der Waals surface area contributed by atoms with Crippen LogP contribution in [0.25, 0.3) is 0 Å². The fourth-order valence-corrected chi connectivity index (χ4v) is 10.5. The lowest BCUT2D eigenvalue weighted by Crippen LogP contribution is -2.51. The molecule has 7 nitrogen and oxygen atoms in total. The van der Waals surface area contributed by atoms with Crippen molar-refractivity contribution in [3.63, 3.8) is 0 Å². The van der Waals surface area contributed by atoms with Crippen LogP contribution in [0.15, 0.2) is 23.8 Å². The fourth-order valence-electron chi connectivity index (χ4n) is 9.79. The summed E-state index contributed by atoms with van der Waals surface area (Å²) in [5.41, 5.74) is 2.36. The van der Waals surface area contributed by atoms with Crippen LogP contribution in [0.4, 0.5) is 0 Å². The first kappa shape index (κ1) is 37.9. The minimum absolute atomic E-state index is 0. The van der Waals surface area contributed by atoms with Gasteiger partial charge < -0.3 is 19.6 Å². The van der Waals surface area contributed by atoms with Gasteiger partial charge in [-0.05, 0) is 110 Å². The van der Waals surface area contributed by atoms with Crippen molar-refractivity contribution in [1.82, 2.24) is 0 Å². The van der Waals surface area contributed by atoms with E-state index in [2.05, 4.69) is 59.8 Å². The highest BCUT2D eigenvalue weighted by Gasteiger charge is 2.59. The molecule has 10 atom stereocenters. The molecule has 3 fully saturated rings. The summed E-state index contributed by atoms with van der Waals surface area (Å²) >= 11 is 0. The Hall–Kier alpha value is -0.530. The third kappa shape index (κ3) is 8.68. The van der Waals surface area contributed by atoms with E-state index in [1.165, 1.54) is 44.9 Å². The lowest BCUT2D eigenvalue weighted by atomic mass is 9.47. The van der Waals surface area contributed by atoms with Gasteiger partial charge in [-0.15, -0.1) is 0 Å². The molecule has 4 aliphatic rings. The Bertz CT molecular complexity index is 1040. The van der Waals surface area contributed by atoms with E-state index in [4.69, 9.17) is 13.8 Å². The molecule has 0 aromatic rings. The first-order valence-corrected chi connectivity index (χ1v) is 19.0. The van der Waals surface area contributed by atoms with Crippen molar-refractivity contribution >= 4 is 7.82 Å². The highest BCUT2D eigenvalue weighted by atomic mass is 31.2. The van der Waals surface area contributed by atoms with Crippen LogP contribution < -0.4 is 0 Å². The second-order valence-corrected chi connectivity index (χ2v) is 17.9. The van der Waals surface area contributed by atoms with Crippen LogP contribution in [0.2, 0.25) is 0 Å². The number of hydrogen-bond donors (Lipinski definition) is 1. The molecular weight excluding hydrogens is 573 g/mol. The summed E-state index contributed by atoms with van der Waals surface area (Å²) in [4.78, 5) is 9.99. The summed E-state index contributed by atoms with van der Waals surface area (Å²) in [5, 5.41) is 0. The Morgan fingerprint density at radius 3 is 2.36 bits per heavy atom. The van der Waals surface area contributed by atoms with E-state index in [1.54, 1.807) is 5.57 Å². The molecule has 3 saturated carbocycles. The van der Waals surface area contributed by atoms with E-state index in [-0.39, 0.29) is 30.2 Å². The van der Waals surface area contributed by atoms with Gasteiger partial charge in [-0.3, -0.25) is 9.05 Å². The van der Waals surface area contributed by atoms with Gasteiger partial charge in [0, 0.05) is 0 Å². The summed E-state index contributed by atoms with van der Waals surface area (Å²) in [6, 6.07) is 0. The van der Waals surface area contributed by atoms with Gasteiger partial charge in [-0.25, -0.2) is 4.57 Å². The number of phosphoric ester groups is 1. The number of rotatable bonds is 14. The largest absolute Gasteiger partial charge is 0.870 e. The number of allylic oxidation sites excluding steroid dienone is 3. The molecule has 4 aliphatic carbocycles. The standard InChI is InChI=1S/C36H64NO5P.H2O/c1-10-28(26(2)3)12-11-27(4)32-15-16-33-31-14-13-29-25-30(17-19-35(29,5)34(31)18-20-36(32,33)6)40-23-24-42-43(38,39)41-22-21-37(7,8)9;/h11-13,26-28,30-34H,10,14-25H2,1-9H3;1H2/b12-11+;/t27-,28-,30?,31+,32-,33+,34+,35+,36-;/m1./s1. The number of hydrogen-bond acceptors (Lipinski definition) is 5. The van der Waals surface area contributed by atoms with Crippen LogP contribution in [0.1, 0.15) is 99.3 Å². The van der Waals surface area contributed by atoms with Crippen LogP contribution in [0, 0.1) is 52.3 Å². The SMILES string of the molecule is CC[C@H](/C=C/[C@@H](C)[C@H]1CC[C@H]2[C@@H]3CC=C4CC(OCCOP(=O)(O)OCC[N+](C)(C)C)CC[C@]4(C)[C@H]3CC[C@]12C)C(C)C.[OH-]. The number of nitrogens with zero attached hydrogens (tertiary/aromatic N) is 1. The predicted octanol–water partition coefficient (Wildman–Crippen LogP) is 8.49. The quantitative estimate of drug-likeness (QED) is 0.0887. The van der Waals surface area contributed by atoms with E-state index in [1.807, 2.05) is 21.1 Å². The van der Waals surface area contributed by atoms with Gasteiger partial charge in [-0.2, -0.15) is 0 Å². The fraction of sp³-hybridized carbons (Fsp3) is 0.889. The number of ether oxygens (including phenoxy) is 1. The molecule has 0 aromatic heterocycles. The summed E-state index contributed by atoms with van der Waals surface area (Å²) in [6.45, 7) is 16.0. The van der Waals surface area contributed by atoms with E-state index >= 15 is 0 Å². The second kappa shape index (κ2) is 15.1. The lowest BCUT2D eigenvalue weighted by molar-refractivity contribution is -0.870. The Labute approximate surface area is 269 Å². The molecule has 2 unspecified atom stereocenters. The van der Waals surface area contributed by atoms with Crippen LogP contribution in [-0.2, 0) is 18.3 Å². The van der Waals surface area contributed by atoms with Crippen molar-refractivity contribution in [3.8, 4) is 0 Å². The maximum Gasteiger partial charge on any atom is 0.472 e. The zero-order valence-corrected chi connectivity index (χ0v) is 30.4. The van der Waals surface area contributed by atoms with Crippen molar-refractivity contribution in [2.75, 3.05) is 47.5 Å². The van der Waals surface area contributed by atoms with Crippen molar-refractivity contribution in [2.45, 2.75) is 105 Å². The second-order valence-electron chi connectivity index (χ2n) is 16.4. The summed E-state index contributed by atoms with van der Waals surface area (Å²) in [7, 11) is 2.01. The zero-order chi connectivity index (χ0) is 31.6. The molecule has 44 heavy (non-hydrogen) atoms. The highest BCUT2D eigenvalue weighted by Crippen LogP contribution is 2.67. The van der Waals surface area contributed by atoms with Gasteiger partial charge in [0.25, 0.3) is 0 Å². The van der Waals surface area contributed by atoms with Crippen molar-refractivity contribution in [2.24, 2.45) is 52.3 Å². The Kier molecular flexibility index (Phi) is 13.0. The first-order chi connectivity index (χ1) is 20.1.